The van der Waals surface area contributed by atoms with E-state index in [1.165, 1.54) is 7.11 Å². The molecule has 2 aliphatic rings. The van der Waals surface area contributed by atoms with Gasteiger partial charge in [-0.2, -0.15) is 0 Å². The van der Waals surface area contributed by atoms with Crippen LogP contribution in [-0.2, 0) is 14.3 Å². The van der Waals surface area contributed by atoms with Gasteiger partial charge in [0.2, 0.25) is 11.8 Å². The SMILES string of the molecule is COCC(=O)N1CCCC1C(=O)N1CCNCC1. The Balaban J connectivity index is 1.97. The third kappa shape index (κ3) is 2.81. The summed E-state index contributed by atoms with van der Waals surface area (Å²) < 4.78 is 4.86. The van der Waals surface area contributed by atoms with Crippen molar-refractivity contribution < 1.29 is 14.3 Å². The lowest BCUT2D eigenvalue weighted by molar-refractivity contribution is -0.146. The van der Waals surface area contributed by atoms with E-state index in [9.17, 15) is 9.59 Å². The smallest absolute Gasteiger partial charge is 0.249 e. The number of ether oxygens (including phenoxy) is 1. The lowest BCUT2D eigenvalue weighted by atomic mass is 10.1. The summed E-state index contributed by atoms with van der Waals surface area (Å²) in [6, 6.07) is -0.272. The summed E-state index contributed by atoms with van der Waals surface area (Å²) in [6.45, 7) is 3.88. The van der Waals surface area contributed by atoms with E-state index in [1.807, 2.05) is 4.90 Å². The van der Waals surface area contributed by atoms with Gasteiger partial charge in [0.15, 0.2) is 0 Å². The van der Waals surface area contributed by atoms with E-state index in [0.29, 0.717) is 6.54 Å². The zero-order valence-electron chi connectivity index (χ0n) is 10.9. The maximum absolute atomic E-state index is 12.4. The molecule has 6 heteroatoms. The first kappa shape index (κ1) is 13.3. The van der Waals surface area contributed by atoms with Gasteiger partial charge in [0.1, 0.15) is 12.6 Å². The largest absolute Gasteiger partial charge is 0.375 e. The molecular weight excluding hydrogens is 234 g/mol. The van der Waals surface area contributed by atoms with Gasteiger partial charge in [-0.05, 0) is 12.8 Å². The zero-order valence-corrected chi connectivity index (χ0v) is 10.9. The van der Waals surface area contributed by atoms with Crippen LogP contribution in [0.3, 0.4) is 0 Å². The van der Waals surface area contributed by atoms with Crippen molar-refractivity contribution in [3.63, 3.8) is 0 Å². The number of methoxy groups -OCH3 is 1. The van der Waals surface area contributed by atoms with Crippen LogP contribution in [0, 0.1) is 0 Å². The summed E-state index contributed by atoms with van der Waals surface area (Å²) in [4.78, 5) is 27.8. The normalized spacial score (nSPS) is 24.4. The number of hydrogen-bond acceptors (Lipinski definition) is 4. The molecule has 0 spiro atoms. The lowest BCUT2D eigenvalue weighted by Crippen LogP contribution is -2.53. The minimum absolute atomic E-state index is 0.0608. The number of rotatable bonds is 3. The Morgan fingerprint density at radius 3 is 2.67 bits per heavy atom. The molecule has 1 unspecified atom stereocenters. The first-order valence-electron chi connectivity index (χ1n) is 6.52. The molecule has 0 radical (unpaired) electrons. The summed E-state index contributed by atoms with van der Waals surface area (Å²) in [5.74, 6) is 0.0157. The standard InChI is InChI=1S/C12H21N3O3/c1-18-9-11(16)15-6-2-3-10(15)12(17)14-7-4-13-5-8-14/h10,13H,2-9H2,1H3. The Kier molecular flexibility index (Phi) is 4.54. The van der Waals surface area contributed by atoms with Gasteiger partial charge in [-0.25, -0.2) is 0 Å². The van der Waals surface area contributed by atoms with Crippen LogP contribution in [0.2, 0.25) is 0 Å². The maximum atomic E-state index is 12.4. The fourth-order valence-corrected chi connectivity index (χ4v) is 2.62. The summed E-state index contributed by atoms with van der Waals surface area (Å²) in [6.07, 6.45) is 1.68. The third-order valence-electron chi connectivity index (χ3n) is 3.55. The molecule has 18 heavy (non-hydrogen) atoms. The fraction of sp³-hybridized carbons (Fsp3) is 0.833. The molecular formula is C12H21N3O3. The second-order valence-electron chi connectivity index (χ2n) is 4.75. The topological polar surface area (TPSA) is 61.9 Å². The van der Waals surface area contributed by atoms with Crippen molar-refractivity contribution in [2.45, 2.75) is 18.9 Å². The van der Waals surface area contributed by atoms with Crippen molar-refractivity contribution in [3.05, 3.63) is 0 Å². The van der Waals surface area contributed by atoms with Gasteiger partial charge in [0, 0.05) is 39.8 Å². The van der Waals surface area contributed by atoms with Crippen molar-refractivity contribution in [2.24, 2.45) is 0 Å². The Morgan fingerprint density at radius 1 is 1.28 bits per heavy atom. The molecule has 2 amide bonds. The molecule has 2 fully saturated rings. The van der Waals surface area contributed by atoms with Gasteiger partial charge < -0.3 is 19.9 Å². The van der Waals surface area contributed by atoms with Crippen LogP contribution in [-0.4, -0.2) is 74.1 Å². The molecule has 0 aromatic carbocycles. The molecule has 102 valence electrons. The highest BCUT2D eigenvalue weighted by atomic mass is 16.5. The molecule has 2 rings (SSSR count). The molecule has 2 aliphatic heterocycles. The van der Waals surface area contributed by atoms with Gasteiger partial charge >= 0.3 is 0 Å². The number of nitrogens with zero attached hydrogens (tertiary/aromatic N) is 2. The van der Waals surface area contributed by atoms with E-state index in [0.717, 1.165) is 39.0 Å². The van der Waals surface area contributed by atoms with Crippen molar-refractivity contribution in [3.8, 4) is 0 Å². The van der Waals surface area contributed by atoms with E-state index in [1.54, 1.807) is 4.90 Å². The average Bonchev–Trinajstić information content (AvgIpc) is 2.88. The zero-order chi connectivity index (χ0) is 13.0. The Hall–Kier alpha value is -1.14. The van der Waals surface area contributed by atoms with Gasteiger partial charge in [-0.3, -0.25) is 9.59 Å². The predicted molar refractivity (Wildman–Crippen MR) is 66.1 cm³/mol. The van der Waals surface area contributed by atoms with Gasteiger partial charge in [-0.1, -0.05) is 0 Å². The maximum Gasteiger partial charge on any atom is 0.249 e. The molecule has 0 aromatic heterocycles. The lowest BCUT2D eigenvalue weighted by Gasteiger charge is -2.32. The second kappa shape index (κ2) is 6.15. The van der Waals surface area contributed by atoms with Crippen LogP contribution >= 0.6 is 0 Å². The first-order chi connectivity index (χ1) is 8.74. The number of carbonyl (C=O) groups excluding carboxylic acids is 2. The van der Waals surface area contributed by atoms with Gasteiger partial charge in [-0.15, -0.1) is 0 Å². The van der Waals surface area contributed by atoms with Gasteiger partial charge in [0.05, 0.1) is 0 Å². The summed E-state index contributed by atoms with van der Waals surface area (Å²) >= 11 is 0. The highest BCUT2D eigenvalue weighted by molar-refractivity contribution is 5.88. The van der Waals surface area contributed by atoms with Crippen molar-refractivity contribution in [2.75, 3.05) is 46.4 Å². The highest BCUT2D eigenvalue weighted by Crippen LogP contribution is 2.19. The molecule has 0 saturated carbocycles. The average molecular weight is 255 g/mol. The molecule has 2 heterocycles. The third-order valence-corrected chi connectivity index (χ3v) is 3.55. The molecule has 0 aliphatic carbocycles. The Bertz CT molecular complexity index is 316. The van der Waals surface area contributed by atoms with E-state index in [-0.39, 0.29) is 24.5 Å². The summed E-state index contributed by atoms with van der Waals surface area (Å²) in [5.41, 5.74) is 0. The molecule has 6 nitrogen and oxygen atoms in total. The number of hydrogen-bond donors (Lipinski definition) is 1. The quantitative estimate of drug-likeness (QED) is 0.707. The number of amides is 2. The second-order valence-corrected chi connectivity index (χ2v) is 4.75. The minimum atomic E-state index is -0.272. The number of carbonyl (C=O) groups is 2. The van der Waals surface area contributed by atoms with Gasteiger partial charge in [0.25, 0.3) is 0 Å². The summed E-state index contributed by atoms with van der Waals surface area (Å²) in [5, 5.41) is 3.22. The van der Waals surface area contributed by atoms with Crippen LogP contribution in [0.1, 0.15) is 12.8 Å². The van der Waals surface area contributed by atoms with Crippen molar-refractivity contribution in [1.82, 2.24) is 15.1 Å². The highest BCUT2D eigenvalue weighted by Gasteiger charge is 2.36. The van der Waals surface area contributed by atoms with E-state index >= 15 is 0 Å². The summed E-state index contributed by atoms with van der Waals surface area (Å²) in [7, 11) is 1.50. The van der Waals surface area contributed by atoms with Crippen LogP contribution < -0.4 is 5.32 Å². The number of piperazine rings is 1. The molecule has 0 aromatic rings. The molecule has 1 atom stereocenters. The van der Waals surface area contributed by atoms with E-state index in [2.05, 4.69) is 5.32 Å². The van der Waals surface area contributed by atoms with E-state index < -0.39 is 0 Å². The first-order valence-corrected chi connectivity index (χ1v) is 6.52. The van der Waals surface area contributed by atoms with Crippen LogP contribution in [0.4, 0.5) is 0 Å². The number of likely N-dealkylation sites (tertiary alicyclic amines) is 1. The predicted octanol–water partition coefficient (Wildman–Crippen LogP) is -0.944. The van der Waals surface area contributed by atoms with Crippen LogP contribution in [0.25, 0.3) is 0 Å². The van der Waals surface area contributed by atoms with Crippen LogP contribution in [0.15, 0.2) is 0 Å². The monoisotopic (exact) mass is 255 g/mol. The van der Waals surface area contributed by atoms with Crippen molar-refractivity contribution in [1.29, 1.82) is 0 Å². The molecule has 1 N–H and O–H groups in total. The number of nitrogens with one attached hydrogen (secondary N) is 1. The van der Waals surface area contributed by atoms with E-state index in [4.69, 9.17) is 4.74 Å². The Morgan fingerprint density at radius 2 is 2.00 bits per heavy atom. The Labute approximate surface area is 107 Å². The minimum Gasteiger partial charge on any atom is -0.375 e. The van der Waals surface area contributed by atoms with Crippen LogP contribution in [0.5, 0.6) is 0 Å². The van der Waals surface area contributed by atoms with Crippen molar-refractivity contribution >= 4 is 11.8 Å². The molecule has 2 saturated heterocycles. The molecule has 0 bridgehead atoms. The fourth-order valence-electron chi connectivity index (χ4n) is 2.62.